The van der Waals surface area contributed by atoms with Crippen LogP contribution in [0.25, 0.3) is 11.0 Å². The van der Waals surface area contributed by atoms with E-state index in [9.17, 15) is 0 Å². The Kier molecular flexibility index (Phi) is 2.08. The standard InChI is InChI=1S/C14H17NO/c1-8-12-6-10-4-3-5-11(10)7-13(12)16-14(8)9(2)15/h6-7,9H,3-5,15H2,1-2H3/t9-/m0/s1. The SMILES string of the molecule is Cc1c([C@H](C)N)oc2cc3c(cc12)CCC3. The molecule has 0 saturated carbocycles. The minimum Gasteiger partial charge on any atom is -0.459 e. The largest absolute Gasteiger partial charge is 0.459 e. The van der Waals surface area contributed by atoms with Crippen molar-refractivity contribution in [3.8, 4) is 0 Å². The monoisotopic (exact) mass is 215 g/mol. The van der Waals surface area contributed by atoms with Crippen LogP contribution in [-0.2, 0) is 12.8 Å². The number of fused-ring (bicyclic) bond motifs is 2. The molecule has 0 aliphatic heterocycles. The fraction of sp³-hybridized carbons (Fsp3) is 0.429. The van der Waals surface area contributed by atoms with Gasteiger partial charge in [-0.1, -0.05) is 0 Å². The number of nitrogens with two attached hydrogens (primary N) is 1. The third-order valence-corrected chi connectivity index (χ3v) is 3.60. The second kappa shape index (κ2) is 3.36. The van der Waals surface area contributed by atoms with Crippen molar-refractivity contribution in [3.63, 3.8) is 0 Å². The molecule has 1 aromatic heterocycles. The summed E-state index contributed by atoms with van der Waals surface area (Å²) in [6, 6.07) is 4.47. The Morgan fingerprint density at radius 3 is 2.62 bits per heavy atom. The van der Waals surface area contributed by atoms with Gasteiger partial charge in [0, 0.05) is 5.39 Å². The van der Waals surface area contributed by atoms with Gasteiger partial charge in [-0.3, -0.25) is 0 Å². The van der Waals surface area contributed by atoms with Gasteiger partial charge < -0.3 is 10.2 Å². The Morgan fingerprint density at radius 1 is 1.25 bits per heavy atom. The maximum absolute atomic E-state index is 5.91. The van der Waals surface area contributed by atoms with E-state index in [2.05, 4.69) is 19.1 Å². The topological polar surface area (TPSA) is 39.2 Å². The van der Waals surface area contributed by atoms with E-state index in [0.29, 0.717) is 0 Å². The van der Waals surface area contributed by atoms with Crippen LogP contribution in [0.15, 0.2) is 16.5 Å². The first kappa shape index (κ1) is 9.91. The number of aryl methyl sites for hydroxylation is 3. The van der Waals surface area contributed by atoms with Gasteiger partial charge >= 0.3 is 0 Å². The lowest BCUT2D eigenvalue weighted by Crippen LogP contribution is -2.04. The van der Waals surface area contributed by atoms with Gasteiger partial charge in [0.05, 0.1) is 6.04 Å². The molecule has 0 radical (unpaired) electrons. The molecule has 0 bridgehead atoms. The Morgan fingerprint density at radius 2 is 1.94 bits per heavy atom. The maximum atomic E-state index is 5.91. The molecule has 1 atom stereocenters. The zero-order valence-electron chi connectivity index (χ0n) is 9.84. The summed E-state index contributed by atoms with van der Waals surface area (Å²) in [5.41, 5.74) is 11.1. The van der Waals surface area contributed by atoms with Crippen LogP contribution in [0.1, 0.15) is 41.8 Å². The summed E-state index contributed by atoms with van der Waals surface area (Å²) >= 11 is 0. The van der Waals surface area contributed by atoms with Gasteiger partial charge in [-0.15, -0.1) is 0 Å². The molecule has 0 fully saturated rings. The molecule has 1 aliphatic carbocycles. The van der Waals surface area contributed by atoms with E-state index < -0.39 is 0 Å². The summed E-state index contributed by atoms with van der Waals surface area (Å²) in [7, 11) is 0. The van der Waals surface area contributed by atoms with Crippen molar-refractivity contribution >= 4 is 11.0 Å². The summed E-state index contributed by atoms with van der Waals surface area (Å²) < 4.78 is 5.86. The van der Waals surface area contributed by atoms with Gasteiger partial charge in [0.25, 0.3) is 0 Å². The van der Waals surface area contributed by atoms with Gasteiger partial charge in [-0.2, -0.15) is 0 Å². The van der Waals surface area contributed by atoms with Crippen molar-refractivity contribution in [2.75, 3.05) is 0 Å². The molecular weight excluding hydrogens is 198 g/mol. The number of hydrogen-bond donors (Lipinski definition) is 1. The second-order valence-electron chi connectivity index (χ2n) is 4.85. The minimum atomic E-state index is -0.0257. The fourth-order valence-electron chi connectivity index (χ4n) is 2.74. The highest BCUT2D eigenvalue weighted by molar-refractivity contribution is 5.84. The average molecular weight is 215 g/mol. The fourth-order valence-corrected chi connectivity index (χ4v) is 2.74. The van der Waals surface area contributed by atoms with Gasteiger partial charge in [0.2, 0.25) is 0 Å². The van der Waals surface area contributed by atoms with Gasteiger partial charge in [-0.05, 0) is 61.9 Å². The lowest BCUT2D eigenvalue weighted by atomic mass is 10.0. The molecule has 1 heterocycles. The lowest BCUT2D eigenvalue weighted by Gasteiger charge is -2.00. The summed E-state index contributed by atoms with van der Waals surface area (Å²) in [6.07, 6.45) is 3.68. The Bertz CT molecular complexity index is 551. The summed E-state index contributed by atoms with van der Waals surface area (Å²) in [5.74, 6) is 0.929. The Hall–Kier alpha value is -1.28. The highest BCUT2D eigenvalue weighted by Gasteiger charge is 2.18. The zero-order valence-corrected chi connectivity index (χ0v) is 9.84. The van der Waals surface area contributed by atoms with Crippen LogP contribution in [0.3, 0.4) is 0 Å². The summed E-state index contributed by atoms with van der Waals surface area (Å²) in [6.45, 7) is 4.07. The van der Waals surface area contributed by atoms with Crippen LogP contribution < -0.4 is 5.73 Å². The minimum absolute atomic E-state index is 0.0257. The molecule has 16 heavy (non-hydrogen) atoms. The second-order valence-corrected chi connectivity index (χ2v) is 4.85. The third-order valence-electron chi connectivity index (χ3n) is 3.60. The molecule has 0 saturated heterocycles. The molecule has 2 nitrogen and oxygen atoms in total. The smallest absolute Gasteiger partial charge is 0.134 e. The molecule has 2 aromatic rings. The highest BCUT2D eigenvalue weighted by atomic mass is 16.3. The van der Waals surface area contributed by atoms with E-state index in [-0.39, 0.29) is 6.04 Å². The predicted molar refractivity (Wildman–Crippen MR) is 65.6 cm³/mol. The molecule has 2 heteroatoms. The van der Waals surface area contributed by atoms with Crippen molar-refractivity contribution in [2.45, 2.75) is 39.2 Å². The van der Waals surface area contributed by atoms with Crippen molar-refractivity contribution < 1.29 is 4.42 Å². The molecule has 0 unspecified atom stereocenters. The van der Waals surface area contributed by atoms with Gasteiger partial charge in [0.15, 0.2) is 0 Å². The first-order valence-corrected chi connectivity index (χ1v) is 5.97. The molecule has 1 aromatic carbocycles. The van der Waals surface area contributed by atoms with Crippen molar-refractivity contribution in [2.24, 2.45) is 5.73 Å². The van der Waals surface area contributed by atoms with Gasteiger partial charge in [-0.25, -0.2) is 0 Å². The quantitative estimate of drug-likeness (QED) is 0.793. The van der Waals surface area contributed by atoms with Crippen LogP contribution in [0.2, 0.25) is 0 Å². The third kappa shape index (κ3) is 1.30. The highest BCUT2D eigenvalue weighted by Crippen LogP contribution is 2.33. The van der Waals surface area contributed by atoms with Crippen molar-refractivity contribution in [1.82, 2.24) is 0 Å². The molecule has 3 rings (SSSR count). The Balaban J connectivity index is 2.28. The first-order valence-electron chi connectivity index (χ1n) is 5.97. The molecule has 0 spiro atoms. The normalized spacial score (nSPS) is 16.7. The molecular formula is C14H17NO. The van der Waals surface area contributed by atoms with Crippen LogP contribution in [0, 0.1) is 6.92 Å². The van der Waals surface area contributed by atoms with Crippen LogP contribution in [0.5, 0.6) is 0 Å². The summed E-state index contributed by atoms with van der Waals surface area (Å²) in [4.78, 5) is 0. The number of rotatable bonds is 1. The van der Waals surface area contributed by atoms with Crippen LogP contribution in [0.4, 0.5) is 0 Å². The molecule has 84 valence electrons. The molecule has 1 aliphatic rings. The number of benzene rings is 1. The average Bonchev–Trinajstić information content (AvgIpc) is 2.80. The van der Waals surface area contributed by atoms with Crippen LogP contribution in [-0.4, -0.2) is 0 Å². The maximum Gasteiger partial charge on any atom is 0.134 e. The lowest BCUT2D eigenvalue weighted by molar-refractivity contribution is 0.509. The zero-order chi connectivity index (χ0) is 11.3. The Labute approximate surface area is 95.4 Å². The first-order chi connectivity index (χ1) is 7.66. The van der Waals surface area contributed by atoms with E-state index in [1.54, 1.807) is 0 Å². The summed E-state index contributed by atoms with van der Waals surface area (Å²) in [5, 5.41) is 1.24. The number of furan rings is 1. The van der Waals surface area contributed by atoms with Gasteiger partial charge in [0.1, 0.15) is 11.3 Å². The molecule has 2 N–H and O–H groups in total. The van der Waals surface area contributed by atoms with Crippen molar-refractivity contribution in [1.29, 1.82) is 0 Å². The van der Waals surface area contributed by atoms with E-state index in [1.165, 1.54) is 41.3 Å². The van der Waals surface area contributed by atoms with E-state index in [1.807, 2.05) is 6.92 Å². The molecule has 0 amide bonds. The van der Waals surface area contributed by atoms with E-state index >= 15 is 0 Å². The predicted octanol–water partition coefficient (Wildman–Crippen LogP) is 3.25. The van der Waals surface area contributed by atoms with E-state index in [4.69, 9.17) is 10.2 Å². The number of hydrogen-bond acceptors (Lipinski definition) is 2. The van der Waals surface area contributed by atoms with E-state index in [0.717, 1.165) is 11.3 Å². The van der Waals surface area contributed by atoms with Crippen LogP contribution >= 0.6 is 0 Å². The van der Waals surface area contributed by atoms with Crippen molar-refractivity contribution in [3.05, 3.63) is 34.6 Å².